The van der Waals surface area contributed by atoms with Gasteiger partial charge in [-0.05, 0) is 12.8 Å². The first-order valence-corrected chi connectivity index (χ1v) is 7.28. The van der Waals surface area contributed by atoms with Crippen molar-refractivity contribution in [2.45, 2.75) is 43.9 Å². The van der Waals surface area contributed by atoms with E-state index >= 15 is 0 Å². The Bertz CT molecular complexity index is 777. The van der Waals surface area contributed by atoms with E-state index in [1.165, 1.54) is 10.9 Å². The lowest BCUT2D eigenvalue weighted by Gasteiger charge is -2.31. The van der Waals surface area contributed by atoms with E-state index in [1.807, 2.05) is 0 Å². The summed E-state index contributed by atoms with van der Waals surface area (Å²) in [6, 6.07) is 0. The third kappa shape index (κ3) is 2.21. The number of aliphatic hydroxyl groups is 2. The predicted molar refractivity (Wildman–Crippen MR) is 78.3 cm³/mol. The Morgan fingerprint density at radius 3 is 3.00 bits per heavy atom. The van der Waals surface area contributed by atoms with E-state index in [2.05, 4.69) is 15.0 Å². The molecule has 3 heterocycles. The number of nitrogens with two attached hydrogens (primary N) is 1. The van der Waals surface area contributed by atoms with Gasteiger partial charge in [0.15, 0.2) is 23.1 Å². The van der Waals surface area contributed by atoms with Crippen LogP contribution in [0.4, 0.5) is 10.3 Å². The number of aromatic amines is 1. The van der Waals surface area contributed by atoms with Crippen LogP contribution in [0.3, 0.4) is 0 Å². The number of anilines is 1. The monoisotopic (exact) mass is 327 g/mol. The van der Waals surface area contributed by atoms with Crippen molar-refractivity contribution in [1.29, 1.82) is 0 Å². The number of nitrogens with one attached hydrogen (secondary N) is 1. The van der Waals surface area contributed by atoms with Crippen molar-refractivity contribution in [3.05, 3.63) is 16.7 Å². The maximum Gasteiger partial charge on any atom is 0.280 e. The number of hydrogen-bond donors (Lipinski definition) is 4. The van der Waals surface area contributed by atoms with E-state index in [1.54, 1.807) is 6.92 Å². The molecule has 1 aliphatic heterocycles. The summed E-state index contributed by atoms with van der Waals surface area (Å²) in [6.45, 7) is 1.44. The number of nitrogens with zero attached hydrogens (tertiary/aromatic N) is 3. The largest absolute Gasteiger partial charge is 0.396 e. The number of aromatic nitrogens is 4. The molecule has 1 saturated heterocycles. The molecular formula is C13H18FN5O4. The second kappa shape index (κ2) is 5.55. The molecule has 0 radical (unpaired) electrons. The van der Waals surface area contributed by atoms with Crippen LogP contribution >= 0.6 is 0 Å². The smallest absolute Gasteiger partial charge is 0.280 e. The van der Waals surface area contributed by atoms with Crippen LogP contribution in [0.2, 0.25) is 0 Å². The van der Waals surface area contributed by atoms with Gasteiger partial charge in [0.25, 0.3) is 5.56 Å². The van der Waals surface area contributed by atoms with Gasteiger partial charge in [-0.3, -0.25) is 14.3 Å². The first-order valence-electron chi connectivity index (χ1n) is 7.28. The first kappa shape index (κ1) is 15.8. The van der Waals surface area contributed by atoms with Crippen LogP contribution in [-0.4, -0.2) is 54.7 Å². The van der Waals surface area contributed by atoms with E-state index < -0.39 is 29.7 Å². The molecule has 126 valence electrons. The SMILES string of the molecule is CC[C@@]1(n2cnc3c(=O)[nH]c(N)nc32)OC(CCO)[C@@H](O)[C@H]1F. The highest BCUT2D eigenvalue weighted by Gasteiger charge is 2.56. The van der Waals surface area contributed by atoms with E-state index in [0.717, 1.165) is 0 Å². The first-order chi connectivity index (χ1) is 10.9. The number of fused-ring (bicyclic) bond motifs is 1. The van der Waals surface area contributed by atoms with Gasteiger partial charge in [-0.2, -0.15) is 4.98 Å². The Morgan fingerprint density at radius 1 is 1.61 bits per heavy atom. The summed E-state index contributed by atoms with van der Waals surface area (Å²) in [5.74, 6) is -0.128. The lowest BCUT2D eigenvalue weighted by Crippen LogP contribution is -2.42. The Labute approximate surface area is 129 Å². The molecule has 2 aromatic rings. The number of imidazole rings is 1. The number of ether oxygens (including phenoxy) is 1. The fourth-order valence-corrected chi connectivity index (χ4v) is 3.05. The van der Waals surface area contributed by atoms with Gasteiger partial charge in [-0.15, -0.1) is 0 Å². The minimum atomic E-state index is -1.77. The molecule has 10 heteroatoms. The van der Waals surface area contributed by atoms with Gasteiger partial charge < -0.3 is 20.7 Å². The van der Waals surface area contributed by atoms with Crippen LogP contribution in [0.5, 0.6) is 0 Å². The molecule has 0 amide bonds. The van der Waals surface area contributed by atoms with Crippen LogP contribution in [0, 0.1) is 0 Å². The zero-order valence-corrected chi connectivity index (χ0v) is 12.4. The quantitative estimate of drug-likeness (QED) is 0.579. The van der Waals surface area contributed by atoms with Gasteiger partial charge in [0.1, 0.15) is 6.10 Å². The van der Waals surface area contributed by atoms with Crippen molar-refractivity contribution in [1.82, 2.24) is 19.5 Å². The second-order valence-electron chi connectivity index (χ2n) is 5.50. The van der Waals surface area contributed by atoms with Crippen LogP contribution in [0.25, 0.3) is 11.2 Å². The zero-order chi connectivity index (χ0) is 16.8. The molecule has 0 aliphatic carbocycles. The molecule has 23 heavy (non-hydrogen) atoms. The highest BCUT2D eigenvalue weighted by atomic mass is 19.1. The Kier molecular flexibility index (Phi) is 3.82. The molecule has 2 aromatic heterocycles. The van der Waals surface area contributed by atoms with E-state index in [0.29, 0.717) is 0 Å². The van der Waals surface area contributed by atoms with Crippen LogP contribution in [0.15, 0.2) is 11.1 Å². The van der Waals surface area contributed by atoms with Crippen molar-refractivity contribution in [3.63, 3.8) is 0 Å². The molecule has 0 saturated carbocycles. The van der Waals surface area contributed by atoms with Gasteiger partial charge in [0.2, 0.25) is 5.95 Å². The van der Waals surface area contributed by atoms with Crippen LogP contribution in [0.1, 0.15) is 19.8 Å². The lowest BCUT2D eigenvalue weighted by atomic mass is 10.0. The summed E-state index contributed by atoms with van der Waals surface area (Å²) in [6.07, 6.45) is -2.55. The normalized spacial score (nSPS) is 31.0. The number of rotatable bonds is 4. The van der Waals surface area contributed by atoms with Crippen molar-refractivity contribution in [2.75, 3.05) is 12.3 Å². The van der Waals surface area contributed by atoms with E-state index in [9.17, 15) is 14.3 Å². The summed E-state index contributed by atoms with van der Waals surface area (Å²) in [5, 5.41) is 19.1. The van der Waals surface area contributed by atoms with Gasteiger partial charge in [-0.1, -0.05) is 6.92 Å². The van der Waals surface area contributed by atoms with Crippen molar-refractivity contribution >= 4 is 17.1 Å². The molecule has 0 spiro atoms. The van der Waals surface area contributed by atoms with Gasteiger partial charge in [0, 0.05) is 6.61 Å². The number of nitrogen functional groups attached to an aromatic ring is 1. The van der Waals surface area contributed by atoms with Gasteiger partial charge in [-0.25, -0.2) is 9.37 Å². The Balaban J connectivity index is 2.17. The number of halogens is 1. The molecule has 5 N–H and O–H groups in total. The summed E-state index contributed by atoms with van der Waals surface area (Å²) in [4.78, 5) is 22.1. The number of alkyl halides is 1. The lowest BCUT2D eigenvalue weighted by molar-refractivity contribution is -0.128. The fourth-order valence-electron chi connectivity index (χ4n) is 3.05. The maximum absolute atomic E-state index is 14.9. The minimum absolute atomic E-state index is 0.00271. The minimum Gasteiger partial charge on any atom is -0.396 e. The Hall–Kier alpha value is -2.04. The molecule has 0 bridgehead atoms. The third-order valence-corrected chi connectivity index (χ3v) is 4.22. The standard InChI is InChI=1S/C13H18FN5O4/c1-2-13(9(14)8(21)6(23-13)3-4-20)19-5-16-7-10(19)17-12(15)18-11(7)22/h5-6,8-9,20-21H,2-4H2,1H3,(H3,15,17,18,22)/t6?,8-,9-,13-/m1/s1. The third-order valence-electron chi connectivity index (χ3n) is 4.22. The van der Waals surface area contributed by atoms with E-state index in [4.69, 9.17) is 15.6 Å². The maximum atomic E-state index is 14.9. The summed E-state index contributed by atoms with van der Waals surface area (Å²) >= 11 is 0. The highest BCUT2D eigenvalue weighted by molar-refractivity contribution is 5.70. The molecule has 3 rings (SSSR count). The number of aliphatic hydroxyl groups excluding tert-OH is 2. The molecule has 1 aliphatic rings. The predicted octanol–water partition coefficient (Wildman–Crippen LogP) is -0.755. The van der Waals surface area contributed by atoms with Gasteiger partial charge in [0.05, 0.1) is 12.4 Å². The second-order valence-corrected chi connectivity index (χ2v) is 5.50. The zero-order valence-electron chi connectivity index (χ0n) is 12.4. The summed E-state index contributed by atoms with van der Waals surface area (Å²) < 4.78 is 21.9. The molecule has 9 nitrogen and oxygen atoms in total. The molecule has 1 fully saturated rings. The average molecular weight is 327 g/mol. The van der Waals surface area contributed by atoms with Crippen molar-refractivity contribution in [2.24, 2.45) is 0 Å². The van der Waals surface area contributed by atoms with Crippen molar-refractivity contribution in [3.8, 4) is 0 Å². The molecule has 4 atom stereocenters. The topological polar surface area (TPSA) is 139 Å². The Morgan fingerprint density at radius 2 is 2.35 bits per heavy atom. The van der Waals surface area contributed by atoms with E-state index in [-0.39, 0.29) is 36.6 Å². The molecular weight excluding hydrogens is 309 g/mol. The number of H-pyrrole nitrogens is 1. The average Bonchev–Trinajstić information content (AvgIpc) is 3.03. The molecule has 0 aromatic carbocycles. The van der Waals surface area contributed by atoms with Crippen LogP contribution < -0.4 is 11.3 Å². The summed E-state index contributed by atoms with van der Waals surface area (Å²) in [7, 11) is 0. The fraction of sp³-hybridized carbons (Fsp3) is 0.615. The van der Waals surface area contributed by atoms with Crippen LogP contribution in [-0.2, 0) is 10.5 Å². The molecule has 1 unspecified atom stereocenters. The summed E-state index contributed by atoms with van der Waals surface area (Å²) in [5.41, 5.74) is 3.52. The van der Waals surface area contributed by atoms with Gasteiger partial charge >= 0.3 is 0 Å². The number of hydrogen-bond acceptors (Lipinski definition) is 7. The highest BCUT2D eigenvalue weighted by Crippen LogP contribution is 2.42. The van der Waals surface area contributed by atoms with Crippen molar-refractivity contribution < 1.29 is 19.3 Å².